The van der Waals surface area contributed by atoms with Crippen LogP contribution in [0, 0.1) is 24.7 Å². The summed E-state index contributed by atoms with van der Waals surface area (Å²) in [5.74, 6) is 3.95. The molecule has 2 fully saturated rings. The molecular formula is C27H44O. The first kappa shape index (κ1) is 21.9. The highest BCUT2D eigenvalue weighted by Gasteiger charge is 2.31. The molecule has 0 unspecified atom stereocenters. The van der Waals surface area contributed by atoms with E-state index < -0.39 is 0 Å². The molecule has 0 spiro atoms. The normalized spacial score (nSPS) is 28.4. The minimum atomic E-state index is 0.831. The van der Waals surface area contributed by atoms with Crippen LogP contribution >= 0.6 is 0 Å². The van der Waals surface area contributed by atoms with Gasteiger partial charge in [-0.1, -0.05) is 74.8 Å². The van der Waals surface area contributed by atoms with Crippen LogP contribution in [0.2, 0.25) is 0 Å². The van der Waals surface area contributed by atoms with Gasteiger partial charge >= 0.3 is 0 Å². The van der Waals surface area contributed by atoms with Crippen LogP contribution in [0.1, 0.15) is 107 Å². The predicted octanol–water partition coefficient (Wildman–Crippen LogP) is 8.06. The van der Waals surface area contributed by atoms with Crippen LogP contribution in [0.15, 0.2) is 24.3 Å². The fourth-order valence-electron chi connectivity index (χ4n) is 5.92. The second kappa shape index (κ2) is 12.0. The van der Waals surface area contributed by atoms with Crippen molar-refractivity contribution in [2.45, 2.75) is 103 Å². The van der Waals surface area contributed by atoms with Gasteiger partial charge in [-0.15, -0.1) is 0 Å². The van der Waals surface area contributed by atoms with Crippen LogP contribution < -0.4 is 0 Å². The van der Waals surface area contributed by atoms with Crippen molar-refractivity contribution in [3.05, 3.63) is 35.4 Å². The van der Waals surface area contributed by atoms with Crippen molar-refractivity contribution in [3.63, 3.8) is 0 Å². The third-order valence-corrected chi connectivity index (χ3v) is 7.84. The van der Waals surface area contributed by atoms with E-state index in [1.165, 1.54) is 95.5 Å². The molecule has 0 amide bonds. The van der Waals surface area contributed by atoms with Crippen LogP contribution in [0.3, 0.4) is 0 Å². The van der Waals surface area contributed by atoms with Gasteiger partial charge in [0, 0.05) is 13.7 Å². The highest BCUT2D eigenvalue weighted by Crippen LogP contribution is 2.44. The Labute approximate surface area is 174 Å². The average Bonchev–Trinajstić information content (AvgIpc) is 2.74. The molecule has 0 radical (unpaired) electrons. The van der Waals surface area contributed by atoms with E-state index in [0.717, 1.165) is 30.3 Å². The lowest BCUT2D eigenvalue weighted by atomic mass is 9.68. The van der Waals surface area contributed by atoms with Crippen LogP contribution in [0.4, 0.5) is 0 Å². The largest absolute Gasteiger partial charge is 0.385 e. The number of aryl methyl sites for hydroxylation is 1. The summed E-state index contributed by atoms with van der Waals surface area (Å²) in [7, 11) is 1.81. The smallest absolute Gasteiger partial charge is 0.0462 e. The van der Waals surface area contributed by atoms with Crippen molar-refractivity contribution in [2.24, 2.45) is 17.8 Å². The summed E-state index contributed by atoms with van der Waals surface area (Å²) in [6.45, 7) is 3.14. The van der Waals surface area contributed by atoms with E-state index in [9.17, 15) is 0 Å². The van der Waals surface area contributed by atoms with Crippen LogP contribution in [0.5, 0.6) is 0 Å². The van der Waals surface area contributed by atoms with Gasteiger partial charge in [-0.25, -0.2) is 0 Å². The first-order valence-corrected chi connectivity index (χ1v) is 12.3. The first-order chi connectivity index (χ1) is 13.8. The van der Waals surface area contributed by atoms with E-state index in [1.807, 2.05) is 7.11 Å². The van der Waals surface area contributed by atoms with Gasteiger partial charge in [-0.3, -0.25) is 0 Å². The highest BCUT2D eigenvalue weighted by molar-refractivity contribution is 5.24. The molecule has 0 atom stereocenters. The first-order valence-electron chi connectivity index (χ1n) is 12.3. The molecule has 1 aromatic rings. The van der Waals surface area contributed by atoms with Gasteiger partial charge in [0.15, 0.2) is 0 Å². The SMILES string of the molecule is COCCCCCCCC1CCC(C2CCC(c3ccc(C)cc3)CC2)CC1. The summed E-state index contributed by atoms with van der Waals surface area (Å²) >= 11 is 0. The van der Waals surface area contributed by atoms with Crippen LogP contribution in [-0.4, -0.2) is 13.7 Å². The molecule has 0 heterocycles. The van der Waals surface area contributed by atoms with E-state index >= 15 is 0 Å². The zero-order valence-corrected chi connectivity index (χ0v) is 18.6. The van der Waals surface area contributed by atoms with Crippen LogP contribution in [0.25, 0.3) is 0 Å². The lowest BCUT2D eigenvalue weighted by Gasteiger charge is -2.38. The monoisotopic (exact) mass is 384 g/mol. The van der Waals surface area contributed by atoms with E-state index in [-0.39, 0.29) is 0 Å². The predicted molar refractivity (Wildman–Crippen MR) is 121 cm³/mol. The van der Waals surface area contributed by atoms with Crippen LogP contribution in [-0.2, 0) is 4.74 Å². The van der Waals surface area contributed by atoms with Gasteiger partial charge < -0.3 is 4.74 Å². The topological polar surface area (TPSA) is 9.23 Å². The lowest BCUT2D eigenvalue weighted by molar-refractivity contribution is 0.155. The molecule has 1 nitrogen and oxygen atoms in total. The minimum absolute atomic E-state index is 0.831. The molecule has 3 rings (SSSR count). The molecule has 0 N–H and O–H groups in total. The molecule has 1 heteroatoms. The Morgan fingerprint density at radius 2 is 1.29 bits per heavy atom. The Bertz CT molecular complexity index is 518. The molecule has 1 aromatic carbocycles. The second-order valence-electron chi connectivity index (χ2n) is 9.85. The number of rotatable bonds is 10. The Balaban J connectivity index is 1.28. The molecule has 0 aliphatic heterocycles. The highest BCUT2D eigenvalue weighted by atomic mass is 16.5. The summed E-state index contributed by atoms with van der Waals surface area (Å²) in [6.07, 6.45) is 20.3. The number of unbranched alkanes of at least 4 members (excludes halogenated alkanes) is 4. The van der Waals surface area contributed by atoms with Gasteiger partial charge in [0.2, 0.25) is 0 Å². The summed E-state index contributed by atoms with van der Waals surface area (Å²) in [6, 6.07) is 9.34. The van der Waals surface area contributed by atoms with Crippen molar-refractivity contribution in [3.8, 4) is 0 Å². The summed E-state index contributed by atoms with van der Waals surface area (Å²) < 4.78 is 5.14. The number of methoxy groups -OCH3 is 1. The average molecular weight is 385 g/mol. The van der Waals surface area contributed by atoms with E-state index in [0.29, 0.717) is 0 Å². The molecule has 0 saturated heterocycles. The fourth-order valence-corrected chi connectivity index (χ4v) is 5.92. The lowest BCUT2D eigenvalue weighted by Crippen LogP contribution is -2.25. The third-order valence-electron chi connectivity index (χ3n) is 7.84. The Kier molecular flexibility index (Phi) is 9.38. The van der Waals surface area contributed by atoms with Gasteiger partial charge in [-0.05, 0) is 81.1 Å². The van der Waals surface area contributed by atoms with Crippen molar-refractivity contribution >= 4 is 0 Å². The Hall–Kier alpha value is -0.820. The number of hydrogen-bond donors (Lipinski definition) is 0. The molecule has 2 aliphatic carbocycles. The summed E-state index contributed by atoms with van der Waals surface area (Å²) in [4.78, 5) is 0. The van der Waals surface area contributed by atoms with E-state index in [4.69, 9.17) is 4.74 Å². The number of ether oxygens (including phenoxy) is 1. The van der Waals surface area contributed by atoms with Crippen molar-refractivity contribution in [1.82, 2.24) is 0 Å². The van der Waals surface area contributed by atoms with Gasteiger partial charge in [0.1, 0.15) is 0 Å². The molecule has 2 aliphatic rings. The van der Waals surface area contributed by atoms with Crippen molar-refractivity contribution in [1.29, 1.82) is 0 Å². The van der Waals surface area contributed by atoms with Gasteiger partial charge in [0.25, 0.3) is 0 Å². The fraction of sp³-hybridized carbons (Fsp3) is 0.778. The van der Waals surface area contributed by atoms with E-state index in [2.05, 4.69) is 31.2 Å². The Morgan fingerprint density at radius 3 is 1.93 bits per heavy atom. The van der Waals surface area contributed by atoms with Gasteiger partial charge in [-0.2, -0.15) is 0 Å². The molecule has 0 bridgehead atoms. The molecular weight excluding hydrogens is 340 g/mol. The zero-order valence-electron chi connectivity index (χ0n) is 18.6. The quantitative estimate of drug-likeness (QED) is 0.371. The maximum absolute atomic E-state index is 5.14. The molecule has 28 heavy (non-hydrogen) atoms. The van der Waals surface area contributed by atoms with Crippen molar-refractivity contribution < 1.29 is 4.74 Å². The third kappa shape index (κ3) is 6.90. The maximum atomic E-state index is 5.14. The Morgan fingerprint density at radius 1 is 0.714 bits per heavy atom. The summed E-state index contributed by atoms with van der Waals surface area (Å²) in [5.41, 5.74) is 2.98. The van der Waals surface area contributed by atoms with E-state index in [1.54, 1.807) is 5.56 Å². The summed E-state index contributed by atoms with van der Waals surface area (Å²) in [5, 5.41) is 0. The standard InChI is InChI=1S/C27H44O/c1-22-9-13-24(14-10-22)26-17-19-27(20-18-26)25-15-11-23(12-16-25)8-6-4-3-5-7-21-28-2/h9-10,13-14,23,25-27H,3-8,11-12,15-21H2,1-2H3. The zero-order chi connectivity index (χ0) is 19.6. The maximum Gasteiger partial charge on any atom is 0.0462 e. The van der Waals surface area contributed by atoms with Crippen molar-refractivity contribution in [2.75, 3.05) is 13.7 Å². The molecule has 0 aromatic heterocycles. The number of benzene rings is 1. The van der Waals surface area contributed by atoms with Gasteiger partial charge in [0.05, 0.1) is 0 Å². The molecule has 158 valence electrons. The number of hydrogen-bond acceptors (Lipinski definition) is 1. The minimum Gasteiger partial charge on any atom is -0.385 e. The molecule has 2 saturated carbocycles. The second-order valence-corrected chi connectivity index (χ2v) is 9.85.